The number of carbonyl (C=O) groups is 1. The van der Waals surface area contributed by atoms with E-state index in [2.05, 4.69) is 33.4 Å². The van der Waals surface area contributed by atoms with Crippen LogP contribution in [0, 0.1) is 12.3 Å². The highest BCUT2D eigenvalue weighted by Gasteiger charge is 2.32. The fourth-order valence-electron chi connectivity index (χ4n) is 5.77. The van der Waals surface area contributed by atoms with Gasteiger partial charge in [-0.15, -0.1) is 0 Å². The largest absolute Gasteiger partial charge is 0.488 e. The average Bonchev–Trinajstić information content (AvgIpc) is 3.03. The summed E-state index contributed by atoms with van der Waals surface area (Å²) in [7, 11) is 3.11. The normalized spacial score (nSPS) is 19.1. The molecule has 43 heavy (non-hydrogen) atoms. The summed E-state index contributed by atoms with van der Waals surface area (Å²) >= 11 is 0. The van der Waals surface area contributed by atoms with Crippen molar-refractivity contribution >= 4 is 18.0 Å². The van der Waals surface area contributed by atoms with Crippen LogP contribution >= 0.6 is 0 Å². The summed E-state index contributed by atoms with van der Waals surface area (Å²) in [6.07, 6.45) is 2.81. The number of nitrogens with zero attached hydrogens (tertiary/aromatic N) is 2. The highest BCUT2D eigenvalue weighted by molar-refractivity contribution is 6.08. The quantitative estimate of drug-likeness (QED) is 0.165. The van der Waals surface area contributed by atoms with Crippen LogP contribution in [0.25, 0.3) is 11.3 Å². The number of pyridine rings is 1. The monoisotopic (exact) mass is 586 g/mol. The number of aliphatic carboxylic acids is 1. The number of methoxy groups -OCH3 is 2. The molecule has 2 aliphatic rings. The summed E-state index contributed by atoms with van der Waals surface area (Å²) in [6.45, 7) is 5.75. The molecule has 0 bridgehead atoms. The van der Waals surface area contributed by atoms with Crippen molar-refractivity contribution in [2.24, 2.45) is 0 Å². The molecule has 10 nitrogen and oxygen atoms in total. The van der Waals surface area contributed by atoms with Crippen LogP contribution in [0.3, 0.4) is 0 Å². The van der Waals surface area contributed by atoms with Gasteiger partial charge in [-0.3, -0.25) is 4.90 Å². The minimum atomic E-state index is -1.27. The van der Waals surface area contributed by atoms with Crippen molar-refractivity contribution in [2.45, 2.75) is 45.1 Å². The van der Waals surface area contributed by atoms with Crippen molar-refractivity contribution in [1.29, 1.82) is 5.41 Å². The number of aryl methyl sites for hydroxylation is 1. The van der Waals surface area contributed by atoms with E-state index in [0.717, 1.165) is 61.2 Å². The molecular weight excluding hydrogens is 548 g/mol. The third-order valence-corrected chi connectivity index (χ3v) is 8.04. The van der Waals surface area contributed by atoms with Crippen LogP contribution < -0.4 is 10.1 Å². The lowest BCUT2D eigenvalue weighted by Crippen LogP contribution is -2.51. The Balaban J connectivity index is 1.31. The van der Waals surface area contributed by atoms with E-state index in [1.54, 1.807) is 13.2 Å². The number of aromatic nitrogens is 1. The van der Waals surface area contributed by atoms with Gasteiger partial charge in [0.25, 0.3) is 0 Å². The van der Waals surface area contributed by atoms with Crippen molar-refractivity contribution in [3.63, 3.8) is 0 Å². The Hall–Kier alpha value is -4.25. The van der Waals surface area contributed by atoms with Crippen LogP contribution in [0.15, 0.2) is 66.1 Å². The van der Waals surface area contributed by atoms with E-state index in [4.69, 9.17) is 24.4 Å². The zero-order valence-electron chi connectivity index (χ0n) is 24.8. The molecular formula is C33H38N4O6. The number of anilines is 1. The van der Waals surface area contributed by atoms with E-state index < -0.39 is 5.97 Å². The summed E-state index contributed by atoms with van der Waals surface area (Å²) in [5.41, 5.74) is 5.94. The predicted molar refractivity (Wildman–Crippen MR) is 163 cm³/mol. The second-order valence-corrected chi connectivity index (χ2v) is 10.7. The Morgan fingerprint density at radius 3 is 2.79 bits per heavy atom. The van der Waals surface area contributed by atoms with E-state index in [1.807, 2.05) is 37.3 Å². The Kier molecular flexibility index (Phi) is 9.71. The summed E-state index contributed by atoms with van der Waals surface area (Å²) < 4.78 is 23.0. The number of hydrogen-bond acceptors (Lipinski definition) is 9. The van der Waals surface area contributed by atoms with Gasteiger partial charge in [-0.1, -0.05) is 36.4 Å². The summed E-state index contributed by atoms with van der Waals surface area (Å²) in [5, 5.41) is 19.7. The first-order valence-electron chi connectivity index (χ1n) is 14.4. The topological polar surface area (TPSA) is 126 Å². The first-order chi connectivity index (χ1) is 20.9. The average molecular weight is 587 g/mol. The molecule has 0 spiro atoms. The minimum absolute atomic E-state index is 0.0744. The standard InChI is InChI=1S/C33H38N4O6/c1-21-6-4-7-25(27-8-5-9-30(35-27)36-32(41-3)26(17-34)33(38)39)31(21)43-19-22-10-11-24-18-37(14-12-23(24)16-22)28-13-15-42-20-29(28)40-2/h4-11,16-17,28-29,34H,12-15,18-20H2,1-3H3,(H,35,36)(H,38,39)/b32-26-,34-17?. The molecule has 0 saturated carbocycles. The first kappa shape index (κ1) is 30.2. The fourth-order valence-corrected chi connectivity index (χ4v) is 5.77. The van der Waals surface area contributed by atoms with Gasteiger partial charge < -0.3 is 34.8 Å². The first-order valence-corrected chi connectivity index (χ1v) is 14.4. The molecule has 0 radical (unpaired) electrons. The number of para-hydroxylation sites is 1. The lowest BCUT2D eigenvalue weighted by atomic mass is 9.94. The van der Waals surface area contributed by atoms with Crippen molar-refractivity contribution in [1.82, 2.24) is 9.88 Å². The summed E-state index contributed by atoms with van der Waals surface area (Å²) in [5.74, 6) is -0.240. The number of rotatable bonds is 11. The molecule has 2 unspecified atom stereocenters. The maximum atomic E-state index is 11.5. The molecule has 0 aliphatic carbocycles. The molecule has 3 heterocycles. The van der Waals surface area contributed by atoms with Crippen LogP contribution in [0.4, 0.5) is 5.82 Å². The molecule has 1 saturated heterocycles. The van der Waals surface area contributed by atoms with Gasteiger partial charge in [0.1, 0.15) is 23.7 Å². The van der Waals surface area contributed by atoms with E-state index >= 15 is 0 Å². The molecule has 10 heteroatoms. The molecule has 3 aromatic rings. The third kappa shape index (κ3) is 6.88. The molecule has 2 aromatic carbocycles. The highest BCUT2D eigenvalue weighted by atomic mass is 16.5. The maximum Gasteiger partial charge on any atom is 0.342 e. The Morgan fingerprint density at radius 2 is 2.02 bits per heavy atom. The lowest BCUT2D eigenvalue weighted by Gasteiger charge is -2.41. The van der Waals surface area contributed by atoms with Crippen LogP contribution in [-0.4, -0.2) is 73.3 Å². The van der Waals surface area contributed by atoms with Crippen LogP contribution in [0.5, 0.6) is 5.75 Å². The number of ether oxygens (including phenoxy) is 4. The predicted octanol–water partition coefficient (Wildman–Crippen LogP) is 4.80. The highest BCUT2D eigenvalue weighted by Crippen LogP contribution is 2.34. The lowest BCUT2D eigenvalue weighted by molar-refractivity contribution is -0.132. The van der Waals surface area contributed by atoms with E-state index in [-0.39, 0.29) is 17.6 Å². The van der Waals surface area contributed by atoms with Crippen molar-refractivity contribution in [3.8, 4) is 17.0 Å². The molecule has 226 valence electrons. The zero-order chi connectivity index (χ0) is 30.3. The Bertz CT molecular complexity index is 1510. The van der Waals surface area contributed by atoms with Gasteiger partial charge in [-0.05, 0) is 60.2 Å². The van der Waals surface area contributed by atoms with E-state index in [1.165, 1.54) is 18.2 Å². The van der Waals surface area contributed by atoms with Gasteiger partial charge in [0.05, 0.1) is 25.5 Å². The number of carboxylic acids is 1. The Morgan fingerprint density at radius 1 is 1.19 bits per heavy atom. The SMILES string of the molecule is CO/C(Nc1cccc(-c2cccc(C)c2OCc2ccc3c(c2)CCN(C2CCOCC2OC)C3)n1)=C(/C=N)C(=O)O. The van der Waals surface area contributed by atoms with Crippen LogP contribution in [-0.2, 0) is 38.6 Å². The fraction of sp³-hybridized carbons (Fsp3) is 0.364. The van der Waals surface area contributed by atoms with Crippen LogP contribution in [0.2, 0.25) is 0 Å². The summed E-state index contributed by atoms with van der Waals surface area (Å²) in [4.78, 5) is 18.7. The maximum absolute atomic E-state index is 11.5. The van der Waals surface area contributed by atoms with Crippen molar-refractivity contribution in [3.05, 3.63) is 88.3 Å². The van der Waals surface area contributed by atoms with E-state index in [9.17, 15) is 9.90 Å². The second-order valence-electron chi connectivity index (χ2n) is 10.7. The number of nitrogens with one attached hydrogen (secondary N) is 2. The molecule has 1 fully saturated rings. The Labute approximate surface area is 251 Å². The van der Waals surface area contributed by atoms with E-state index in [0.29, 0.717) is 30.8 Å². The smallest absolute Gasteiger partial charge is 0.342 e. The molecule has 2 aliphatic heterocycles. The molecule has 0 amide bonds. The van der Waals surface area contributed by atoms with Gasteiger partial charge in [-0.25, -0.2) is 9.78 Å². The van der Waals surface area contributed by atoms with Gasteiger partial charge in [0.2, 0.25) is 5.88 Å². The number of fused-ring (bicyclic) bond motifs is 1. The zero-order valence-corrected chi connectivity index (χ0v) is 24.8. The van der Waals surface area contributed by atoms with Gasteiger partial charge in [-0.2, -0.15) is 0 Å². The van der Waals surface area contributed by atoms with Crippen LogP contribution in [0.1, 0.15) is 28.7 Å². The number of benzene rings is 2. The molecule has 5 rings (SSSR count). The molecule has 1 aromatic heterocycles. The third-order valence-electron chi connectivity index (χ3n) is 8.04. The number of hydrogen-bond donors (Lipinski definition) is 3. The van der Waals surface area contributed by atoms with Gasteiger partial charge in [0.15, 0.2) is 0 Å². The summed E-state index contributed by atoms with van der Waals surface area (Å²) in [6, 6.07) is 18.3. The minimum Gasteiger partial charge on any atom is -0.488 e. The van der Waals surface area contributed by atoms with Crippen molar-refractivity contribution < 1.29 is 28.8 Å². The molecule has 2 atom stereocenters. The van der Waals surface area contributed by atoms with Crippen molar-refractivity contribution in [2.75, 3.05) is 39.3 Å². The van der Waals surface area contributed by atoms with Gasteiger partial charge in [0, 0.05) is 44.6 Å². The van der Waals surface area contributed by atoms with Gasteiger partial charge >= 0.3 is 5.97 Å². The second kappa shape index (κ2) is 13.8. The molecule has 3 N–H and O–H groups in total. The number of carboxylic acid groups (broad SMARTS) is 1.